The molecule has 21 heavy (non-hydrogen) atoms. The maximum absolute atomic E-state index is 12.0. The van der Waals surface area contributed by atoms with E-state index in [1.54, 1.807) is 6.07 Å². The van der Waals surface area contributed by atoms with E-state index in [4.69, 9.17) is 0 Å². The summed E-state index contributed by atoms with van der Waals surface area (Å²) in [4.78, 5) is 20.2. The normalized spacial score (nSPS) is 11.8. The Bertz CT molecular complexity index is 610. The first-order chi connectivity index (χ1) is 10.1. The molecular weight excluding hydrogens is 264 g/mol. The van der Waals surface area contributed by atoms with E-state index in [9.17, 15) is 4.79 Å². The number of amides is 1. The first-order valence-electron chi connectivity index (χ1n) is 7.05. The van der Waals surface area contributed by atoms with Crippen LogP contribution in [0.3, 0.4) is 0 Å². The lowest BCUT2D eigenvalue weighted by molar-refractivity contribution is 0.0934. The molecule has 0 aliphatic rings. The van der Waals surface area contributed by atoms with Crippen molar-refractivity contribution in [2.75, 3.05) is 5.32 Å². The van der Waals surface area contributed by atoms with Gasteiger partial charge in [0.15, 0.2) is 0 Å². The summed E-state index contributed by atoms with van der Waals surface area (Å²) >= 11 is 0. The van der Waals surface area contributed by atoms with Crippen LogP contribution in [0.25, 0.3) is 0 Å². The van der Waals surface area contributed by atoms with Crippen LogP contribution in [-0.4, -0.2) is 21.9 Å². The van der Waals surface area contributed by atoms with Crippen LogP contribution in [-0.2, 0) is 0 Å². The number of anilines is 2. The average Bonchev–Trinajstić information content (AvgIpc) is 2.49. The Morgan fingerprint density at radius 3 is 2.62 bits per heavy atom. The number of aryl methyl sites for hydroxylation is 1. The molecule has 0 saturated carbocycles. The molecule has 0 fully saturated rings. The molecule has 1 aromatic heterocycles. The summed E-state index contributed by atoms with van der Waals surface area (Å²) in [5.74, 6) is 0.418. The number of carbonyl (C=O) groups is 1. The lowest BCUT2D eigenvalue weighted by atomic mass is 10.2. The van der Waals surface area contributed by atoms with Crippen molar-refractivity contribution in [1.29, 1.82) is 0 Å². The molecule has 0 spiro atoms. The van der Waals surface area contributed by atoms with Crippen molar-refractivity contribution in [3.05, 3.63) is 47.9 Å². The first-order valence-corrected chi connectivity index (χ1v) is 7.05. The first kappa shape index (κ1) is 15.0. The summed E-state index contributed by atoms with van der Waals surface area (Å²) in [7, 11) is 0. The van der Waals surface area contributed by atoms with E-state index in [0.29, 0.717) is 11.5 Å². The van der Waals surface area contributed by atoms with E-state index >= 15 is 0 Å². The van der Waals surface area contributed by atoms with Crippen LogP contribution in [0.15, 0.2) is 36.7 Å². The Labute approximate surface area is 124 Å². The molecule has 1 heterocycles. The average molecular weight is 284 g/mol. The number of benzene rings is 1. The predicted molar refractivity (Wildman–Crippen MR) is 83.7 cm³/mol. The highest BCUT2D eigenvalue weighted by Crippen LogP contribution is 2.15. The molecule has 2 rings (SSSR count). The van der Waals surface area contributed by atoms with Gasteiger partial charge in [-0.15, -0.1) is 0 Å². The quantitative estimate of drug-likeness (QED) is 0.885. The third-order valence-electron chi connectivity index (χ3n) is 3.21. The molecule has 0 bridgehead atoms. The van der Waals surface area contributed by atoms with Gasteiger partial charge in [-0.1, -0.05) is 24.6 Å². The van der Waals surface area contributed by atoms with Crippen molar-refractivity contribution in [2.24, 2.45) is 0 Å². The van der Waals surface area contributed by atoms with Gasteiger partial charge in [0.2, 0.25) is 0 Å². The maximum atomic E-state index is 12.0. The molecule has 1 unspecified atom stereocenters. The van der Waals surface area contributed by atoms with Gasteiger partial charge >= 0.3 is 0 Å². The summed E-state index contributed by atoms with van der Waals surface area (Å²) in [6, 6.07) is 9.74. The largest absolute Gasteiger partial charge is 0.348 e. The minimum Gasteiger partial charge on any atom is -0.348 e. The number of hydrogen-bond donors (Lipinski definition) is 2. The second-order valence-corrected chi connectivity index (χ2v) is 5.06. The molecule has 0 aliphatic heterocycles. The van der Waals surface area contributed by atoms with Crippen molar-refractivity contribution in [3.8, 4) is 0 Å². The highest BCUT2D eigenvalue weighted by molar-refractivity contribution is 5.93. The Balaban J connectivity index is 2.10. The van der Waals surface area contributed by atoms with Gasteiger partial charge in [-0.25, -0.2) is 9.97 Å². The topological polar surface area (TPSA) is 66.9 Å². The zero-order valence-corrected chi connectivity index (χ0v) is 12.6. The number of aromatic nitrogens is 2. The van der Waals surface area contributed by atoms with Gasteiger partial charge in [-0.3, -0.25) is 4.79 Å². The second kappa shape index (κ2) is 6.83. The molecule has 110 valence electrons. The summed E-state index contributed by atoms with van der Waals surface area (Å²) in [5.41, 5.74) is 2.48. The Morgan fingerprint density at radius 2 is 1.95 bits per heavy atom. The highest BCUT2D eigenvalue weighted by Gasteiger charge is 2.11. The third kappa shape index (κ3) is 4.27. The van der Waals surface area contributed by atoms with E-state index in [0.717, 1.165) is 12.1 Å². The second-order valence-electron chi connectivity index (χ2n) is 5.06. The van der Waals surface area contributed by atoms with Crippen LogP contribution in [0, 0.1) is 6.92 Å². The smallest absolute Gasteiger partial charge is 0.270 e. The minimum atomic E-state index is -0.182. The van der Waals surface area contributed by atoms with Gasteiger partial charge in [0.05, 0.1) is 0 Å². The van der Waals surface area contributed by atoms with Crippen LogP contribution in [0.4, 0.5) is 11.5 Å². The summed E-state index contributed by atoms with van der Waals surface area (Å²) in [6.45, 7) is 6.02. The summed E-state index contributed by atoms with van der Waals surface area (Å²) < 4.78 is 0. The van der Waals surface area contributed by atoms with Gasteiger partial charge in [0.25, 0.3) is 5.91 Å². The van der Waals surface area contributed by atoms with Crippen molar-refractivity contribution in [1.82, 2.24) is 15.3 Å². The molecule has 5 heteroatoms. The van der Waals surface area contributed by atoms with Gasteiger partial charge in [0.1, 0.15) is 17.8 Å². The van der Waals surface area contributed by atoms with Crippen molar-refractivity contribution >= 4 is 17.4 Å². The van der Waals surface area contributed by atoms with Crippen LogP contribution in [0.1, 0.15) is 36.3 Å². The molecule has 2 N–H and O–H groups in total. The number of nitrogens with one attached hydrogen (secondary N) is 2. The van der Waals surface area contributed by atoms with Gasteiger partial charge in [-0.2, -0.15) is 0 Å². The van der Waals surface area contributed by atoms with E-state index in [1.165, 1.54) is 11.9 Å². The predicted octanol–water partition coefficient (Wildman–Crippen LogP) is 3.06. The summed E-state index contributed by atoms with van der Waals surface area (Å²) in [6.07, 6.45) is 2.27. The van der Waals surface area contributed by atoms with Crippen LogP contribution < -0.4 is 10.6 Å². The van der Waals surface area contributed by atoms with Crippen LogP contribution >= 0.6 is 0 Å². The molecule has 0 saturated heterocycles. The summed E-state index contributed by atoms with van der Waals surface area (Å²) in [5, 5.41) is 6.05. The third-order valence-corrected chi connectivity index (χ3v) is 3.21. The SMILES string of the molecule is CCC(C)NC(=O)c1cc(Nc2ccc(C)cc2)ncn1. The molecule has 0 radical (unpaired) electrons. The Hall–Kier alpha value is -2.43. The molecule has 5 nitrogen and oxygen atoms in total. The standard InChI is InChI=1S/C16H20N4O/c1-4-12(3)19-16(21)14-9-15(18-10-17-14)20-13-7-5-11(2)6-8-13/h5-10,12H,4H2,1-3H3,(H,19,21)(H,17,18,20). The Morgan fingerprint density at radius 1 is 1.24 bits per heavy atom. The monoisotopic (exact) mass is 284 g/mol. The number of nitrogens with zero attached hydrogens (tertiary/aromatic N) is 2. The molecule has 0 aliphatic carbocycles. The van der Waals surface area contributed by atoms with Crippen molar-refractivity contribution < 1.29 is 4.79 Å². The van der Waals surface area contributed by atoms with E-state index in [1.807, 2.05) is 45.0 Å². The Kier molecular flexibility index (Phi) is 4.87. The van der Waals surface area contributed by atoms with Crippen LogP contribution in [0.5, 0.6) is 0 Å². The lowest BCUT2D eigenvalue weighted by Crippen LogP contribution is -2.32. The molecular formula is C16H20N4O. The molecule has 1 aromatic carbocycles. The van der Waals surface area contributed by atoms with Gasteiger partial charge in [0, 0.05) is 17.8 Å². The van der Waals surface area contributed by atoms with Crippen molar-refractivity contribution in [3.63, 3.8) is 0 Å². The number of rotatable bonds is 5. The number of hydrogen-bond acceptors (Lipinski definition) is 4. The van der Waals surface area contributed by atoms with Gasteiger partial charge in [-0.05, 0) is 32.4 Å². The fourth-order valence-corrected chi connectivity index (χ4v) is 1.73. The molecule has 1 atom stereocenters. The highest BCUT2D eigenvalue weighted by atomic mass is 16.1. The van der Waals surface area contributed by atoms with E-state index in [-0.39, 0.29) is 11.9 Å². The van der Waals surface area contributed by atoms with E-state index < -0.39 is 0 Å². The molecule has 1 amide bonds. The maximum Gasteiger partial charge on any atom is 0.270 e. The molecule has 2 aromatic rings. The lowest BCUT2D eigenvalue weighted by Gasteiger charge is -2.11. The fourth-order valence-electron chi connectivity index (χ4n) is 1.73. The number of carbonyl (C=O) groups excluding carboxylic acids is 1. The van der Waals surface area contributed by atoms with Crippen LogP contribution in [0.2, 0.25) is 0 Å². The van der Waals surface area contributed by atoms with Gasteiger partial charge < -0.3 is 10.6 Å². The zero-order chi connectivity index (χ0) is 15.2. The zero-order valence-electron chi connectivity index (χ0n) is 12.6. The van der Waals surface area contributed by atoms with Crippen molar-refractivity contribution in [2.45, 2.75) is 33.2 Å². The minimum absolute atomic E-state index is 0.126. The fraction of sp³-hybridized carbons (Fsp3) is 0.312. The van der Waals surface area contributed by atoms with E-state index in [2.05, 4.69) is 20.6 Å².